The van der Waals surface area contributed by atoms with Crippen LogP contribution in [0, 0.1) is 0 Å². The minimum atomic E-state index is -5.09. The highest BCUT2D eigenvalue weighted by molar-refractivity contribution is 5.92. The number of esters is 2. The van der Waals surface area contributed by atoms with Gasteiger partial charge in [0.1, 0.15) is 22.8 Å². The maximum Gasteiger partial charge on any atom is 0.453 e. The van der Waals surface area contributed by atoms with Gasteiger partial charge in [-0.1, -0.05) is 6.92 Å². The fourth-order valence-electron chi connectivity index (χ4n) is 3.45. The SMILES string of the molecule is CCCOC(=O)c1ccc(Oc2c(C(F)(F)F)oc3cc(OC(=O)c4ccc(OC)cc4)ccc3c2=O)cc1. The summed E-state index contributed by atoms with van der Waals surface area (Å²) in [6, 6.07) is 14.5. The summed E-state index contributed by atoms with van der Waals surface area (Å²) in [7, 11) is 1.46. The van der Waals surface area contributed by atoms with E-state index in [1.54, 1.807) is 12.1 Å². The van der Waals surface area contributed by atoms with Gasteiger partial charge in [0.2, 0.25) is 11.2 Å². The number of hydrogen-bond acceptors (Lipinski definition) is 8. The van der Waals surface area contributed by atoms with Crippen LogP contribution in [-0.4, -0.2) is 25.7 Å². The molecule has 8 nitrogen and oxygen atoms in total. The van der Waals surface area contributed by atoms with Crippen molar-refractivity contribution in [3.63, 3.8) is 0 Å². The third-order valence-electron chi connectivity index (χ3n) is 5.36. The van der Waals surface area contributed by atoms with Crippen molar-refractivity contribution in [2.45, 2.75) is 19.5 Å². The molecule has 1 aromatic heterocycles. The van der Waals surface area contributed by atoms with E-state index in [1.165, 1.54) is 49.6 Å². The van der Waals surface area contributed by atoms with Crippen molar-refractivity contribution in [1.29, 1.82) is 0 Å². The first-order valence-corrected chi connectivity index (χ1v) is 11.6. The van der Waals surface area contributed by atoms with Crippen LogP contribution < -0.4 is 19.6 Å². The second kappa shape index (κ2) is 11.3. The molecule has 0 spiro atoms. The summed E-state index contributed by atoms with van der Waals surface area (Å²) < 4.78 is 67.2. The predicted molar refractivity (Wildman–Crippen MR) is 133 cm³/mol. The lowest BCUT2D eigenvalue weighted by Crippen LogP contribution is -2.16. The smallest absolute Gasteiger partial charge is 0.453 e. The summed E-state index contributed by atoms with van der Waals surface area (Å²) in [5.74, 6) is -3.90. The third kappa shape index (κ3) is 6.20. The van der Waals surface area contributed by atoms with Gasteiger partial charge in [0.15, 0.2) is 0 Å². The summed E-state index contributed by atoms with van der Waals surface area (Å²) in [5.41, 5.74) is -1.23. The van der Waals surface area contributed by atoms with Gasteiger partial charge in [-0.3, -0.25) is 4.79 Å². The lowest BCUT2D eigenvalue weighted by molar-refractivity contribution is -0.154. The van der Waals surface area contributed by atoms with E-state index in [1.807, 2.05) is 6.92 Å². The average molecular weight is 542 g/mol. The van der Waals surface area contributed by atoms with E-state index in [9.17, 15) is 27.6 Å². The molecule has 202 valence electrons. The van der Waals surface area contributed by atoms with Crippen LogP contribution in [0.2, 0.25) is 0 Å². The molecule has 0 atom stereocenters. The molecule has 1 heterocycles. The van der Waals surface area contributed by atoms with Crippen LogP contribution in [0.15, 0.2) is 75.9 Å². The Morgan fingerprint density at radius 3 is 2.03 bits per heavy atom. The fraction of sp³-hybridized carbons (Fsp3) is 0.179. The summed E-state index contributed by atoms with van der Waals surface area (Å²) in [6.07, 6.45) is -4.47. The molecule has 0 saturated heterocycles. The zero-order valence-electron chi connectivity index (χ0n) is 20.7. The van der Waals surface area contributed by atoms with Crippen molar-refractivity contribution in [3.05, 3.63) is 93.8 Å². The van der Waals surface area contributed by atoms with Crippen molar-refractivity contribution < 1.29 is 46.1 Å². The highest BCUT2D eigenvalue weighted by Crippen LogP contribution is 2.38. The molecule has 0 radical (unpaired) electrons. The van der Waals surface area contributed by atoms with Gasteiger partial charge < -0.3 is 23.4 Å². The molecule has 0 aliphatic rings. The average Bonchev–Trinajstić information content (AvgIpc) is 2.92. The summed E-state index contributed by atoms with van der Waals surface area (Å²) in [6.45, 7) is 2.04. The van der Waals surface area contributed by atoms with Crippen LogP contribution in [0.25, 0.3) is 11.0 Å². The van der Waals surface area contributed by atoms with Gasteiger partial charge >= 0.3 is 18.1 Å². The van der Waals surface area contributed by atoms with E-state index in [4.69, 9.17) is 23.4 Å². The Kier molecular flexibility index (Phi) is 7.89. The largest absolute Gasteiger partial charge is 0.497 e. The molecule has 4 rings (SSSR count). The molecule has 3 aromatic carbocycles. The van der Waals surface area contributed by atoms with Gasteiger partial charge in [0.25, 0.3) is 5.76 Å². The first-order chi connectivity index (χ1) is 18.6. The van der Waals surface area contributed by atoms with E-state index in [0.29, 0.717) is 12.2 Å². The molecular weight excluding hydrogens is 521 g/mol. The summed E-state index contributed by atoms with van der Waals surface area (Å²) >= 11 is 0. The Bertz CT molecular complexity index is 1560. The van der Waals surface area contributed by atoms with Crippen LogP contribution in [0.5, 0.6) is 23.0 Å². The molecule has 0 unspecified atom stereocenters. The standard InChI is InChI=1S/C28H21F3O8/c1-3-14-36-26(33)16-6-10-19(11-7-16)37-24-23(32)21-13-12-20(15-22(21)39-25(24)28(29,30)31)38-27(34)17-4-8-18(35-2)9-5-17/h4-13,15H,3,14H2,1-2H3. The van der Waals surface area contributed by atoms with E-state index in [0.717, 1.165) is 12.1 Å². The number of fused-ring (bicyclic) bond motifs is 1. The Balaban J connectivity index is 1.64. The molecule has 0 saturated carbocycles. The number of halogens is 3. The number of carbonyl (C=O) groups excluding carboxylic acids is 2. The van der Waals surface area contributed by atoms with E-state index >= 15 is 0 Å². The van der Waals surface area contributed by atoms with Crippen molar-refractivity contribution >= 4 is 22.9 Å². The second-order valence-electron chi connectivity index (χ2n) is 8.13. The minimum absolute atomic E-state index is 0.135. The number of ether oxygens (including phenoxy) is 4. The minimum Gasteiger partial charge on any atom is -0.497 e. The number of rotatable bonds is 8. The van der Waals surface area contributed by atoms with Crippen molar-refractivity contribution in [3.8, 4) is 23.0 Å². The van der Waals surface area contributed by atoms with Crippen LogP contribution in [0.4, 0.5) is 13.2 Å². The third-order valence-corrected chi connectivity index (χ3v) is 5.36. The molecule has 11 heteroatoms. The van der Waals surface area contributed by atoms with Gasteiger partial charge in [-0.2, -0.15) is 13.2 Å². The Morgan fingerprint density at radius 2 is 1.44 bits per heavy atom. The lowest BCUT2D eigenvalue weighted by Gasteiger charge is -2.14. The number of methoxy groups -OCH3 is 1. The molecule has 0 aliphatic heterocycles. The molecule has 39 heavy (non-hydrogen) atoms. The fourth-order valence-corrected chi connectivity index (χ4v) is 3.45. The summed E-state index contributed by atoms with van der Waals surface area (Å²) in [5, 5.41) is -0.234. The summed E-state index contributed by atoms with van der Waals surface area (Å²) in [4.78, 5) is 37.4. The highest BCUT2D eigenvalue weighted by Gasteiger charge is 2.40. The van der Waals surface area contributed by atoms with Gasteiger partial charge in [0, 0.05) is 6.07 Å². The molecule has 0 aliphatic carbocycles. The molecule has 0 amide bonds. The molecule has 0 N–H and O–H groups in total. The topological polar surface area (TPSA) is 101 Å². The highest BCUT2D eigenvalue weighted by atomic mass is 19.4. The predicted octanol–water partition coefficient (Wildman–Crippen LogP) is 6.40. The number of hydrogen-bond donors (Lipinski definition) is 0. The van der Waals surface area contributed by atoms with Crippen molar-refractivity contribution in [1.82, 2.24) is 0 Å². The Hall–Kier alpha value is -4.80. The van der Waals surface area contributed by atoms with Gasteiger partial charge in [-0.25, -0.2) is 9.59 Å². The molecular formula is C28H21F3O8. The Morgan fingerprint density at radius 1 is 0.846 bits per heavy atom. The Labute approximate surface area is 219 Å². The zero-order valence-corrected chi connectivity index (χ0v) is 20.7. The number of carbonyl (C=O) groups is 2. The monoisotopic (exact) mass is 542 g/mol. The van der Waals surface area contributed by atoms with Crippen LogP contribution in [0.3, 0.4) is 0 Å². The van der Waals surface area contributed by atoms with E-state index < -0.39 is 40.6 Å². The maximum atomic E-state index is 13.9. The maximum absolute atomic E-state index is 13.9. The molecule has 4 aromatic rings. The van der Waals surface area contributed by atoms with Gasteiger partial charge in [-0.15, -0.1) is 0 Å². The van der Waals surface area contributed by atoms with Crippen molar-refractivity contribution in [2.75, 3.05) is 13.7 Å². The number of benzene rings is 3. The second-order valence-corrected chi connectivity index (χ2v) is 8.13. The number of alkyl halides is 3. The first kappa shape index (κ1) is 27.2. The van der Waals surface area contributed by atoms with Gasteiger partial charge in [-0.05, 0) is 67.1 Å². The van der Waals surface area contributed by atoms with Crippen molar-refractivity contribution in [2.24, 2.45) is 0 Å². The zero-order chi connectivity index (χ0) is 28.2. The van der Waals surface area contributed by atoms with Crippen LogP contribution in [-0.2, 0) is 10.9 Å². The molecule has 0 fully saturated rings. The lowest BCUT2D eigenvalue weighted by atomic mass is 10.2. The van der Waals surface area contributed by atoms with Gasteiger partial charge in [0.05, 0.1) is 30.2 Å². The van der Waals surface area contributed by atoms with Crippen LogP contribution in [0.1, 0.15) is 39.8 Å². The van der Waals surface area contributed by atoms with E-state index in [-0.39, 0.29) is 34.6 Å². The molecule has 0 bridgehead atoms. The normalized spacial score (nSPS) is 11.2. The first-order valence-electron chi connectivity index (χ1n) is 11.6. The van der Waals surface area contributed by atoms with Crippen LogP contribution >= 0.6 is 0 Å². The van der Waals surface area contributed by atoms with E-state index in [2.05, 4.69) is 0 Å². The quantitative estimate of drug-likeness (QED) is 0.186.